The Morgan fingerprint density at radius 2 is 0.828 bits per heavy atom. The fraction of sp³-hybridized carbons (Fsp3) is 0.333. The molecule has 152 valence electrons. The van der Waals surface area contributed by atoms with Crippen molar-refractivity contribution in [2.45, 2.75) is 27.7 Å². The summed E-state index contributed by atoms with van der Waals surface area (Å²) >= 11 is 0. The molecule has 0 aliphatic heterocycles. The van der Waals surface area contributed by atoms with Gasteiger partial charge in [0.2, 0.25) is 0 Å². The van der Waals surface area contributed by atoms with Crippen molar-refractivity contribution < 1.29 is 21.7 Å². The zero-order valence-corrected chi connectivity index (χ0v) is 20.5. The number of nitrogens with zero attached hydrogens (tertiary/aromatic N) is 4. The van der Waals surface area contributed by atoms with Crippen molar-refractivity contribution >= 4 is 21.8 Å². The van der Waals surface area contributed by atoms with Crippen molar-refractivity contribution in [1.29, 1.82) is 0 Å². The van der Waals surface area contributed by atoms with Gasteiger partial charge in [0.05, 0.1) is 0 Å². The van der Waals surface area contributed by atoms with Gasteiger partial charge < -0.3 is 20.6 Å². The van der Waals surface area contributed by atoms with E-state index in [0.29, 0.717) is 0 Å². The van der Waals surface area contributed by atoms with Crippen LogP contribution in [0.3, 0.4) is 0 Å². The molecule has 0 bridgehead atoms. The van der Waals surface area contributed by atoms with E-state index < -0.39 is 0 Å². The minimum Gasteiger partial charge on any atom is -0.668 e. The molecule has 0 saturated heterocycles. The van der Waals surface area contributed by atoms with E-state index >= 15 is 0 Å². The Balaban J connectivity index is 0.000000416. The fourth-order valence-electron chi connectivity index (χ4n) is 2.70. The van der Waals surface area contributed by atoms with Gasteiger partial charge in [0.15, 0.2) is 0 Å². The van der Waals surface area contributed by atoms with Gasteiger partial charge in [-0.05, 0) is 24.6 Å². The molecular weight excluding hydrogens is 392 g/mol. The molecule has 4 nitrogen and oxygen atoms in total. The summed E-state index contributed by atoms with van der Waals surface area (Å²) in [5, 5.41) is 9.56. The summed E-state index contributed by atoms with van der Waals surface area (Å²) in [6, 6.07) is 16.5. The average molecular weight is 424 g/mol. The van der Waals surface area contributed by atoms with Crippen LogP contribution in [-0.2, 0) is 21.7 Å². The maximum Gasteiger partial charge on any atom is 4.00 e. The van der Waals surface area contributed by atoms with Gasteiger partial charge in [-0.15, -0.1) is 11.0 Å². The van der Waals surface area contributed by atoms with Crippen molar-refractivity contribution in [3.05, 3.63) is 81.7 Å². The van der Waals surface area contributed by atoms with Crippen LogP contribution in [0.5, 0.6) is 0 Å². The molecule has 0 saturated carbocycles. The number of benzene rings is 2. The molecule has 0 N–H and O–H groups in total. The van der Waals surface area contributed by atoms with E-state index in [9.17, 15) is 0 Å². The van der Waals surface area contributed by atoms with Gasteiger partial charge in [-0.3, -0.25) is 0 Å². The molecule has 2 aromatic heterocycles. The van der Waals surface area contributed by atoms with Gasteiger partial charge in [0.25, 0.3) is 0 Å². The second-order valence-corrected chi connectivity index (χ2v) is 6.57. The summed E-state index contributed by atoms with van der Waals surface area (Å²) in [5.41, 5.74) is 7.13. The third-order valence-electron chi connectivity index (χ3n) is 4.28. The number of hydrogen-bond acceptors (Lipinski definition) is 0. The standard InChI is InChI=1S/2C10H10N.2C2H6N.Ti/c2*1-7-8(2)11-10-6-4-3-5-9(7)10;2*1-3-2;/h2*3-6H,1-2H3;2*1-2H3;/q4*-1;+4. The number of aromatic nitrogens is 2. The van der Waals surface area contributed by atoms with E-state index in [1.807, 2.05) is 12.1 Å². The van der Waals surface area contributed by atoms with Crippen LogP contribution in [0.25, 0.3) is 32.4 Å². The summed E-state index contributed by atoms with van der Waals surface area (Å²) in [6.45, 7) is 8.33. The number of para-hydroxylation sites is 2. The fourth-order valence-corrected chi connectivity index (χ4v) is 2.70. The first-order valence-corrected chi connectivity index (χ1v) is 9.34. The molecular formula is C24H32N4Ti. The first-order valence-electron chi connectivity index (χ1n) is 9.34. The molecule has 0 aliphatic carbocycles. The Hall–Kier alpha value is -1.85. The average Bonchev–Trinajstić information content (AvgIpc) is 3.13. The van der Waals surface area contributed by atoms with Gasteiger partial charge in [0, 0.05) is 0 Å². The molecule has 4 rings (SSSR count). The Kier molecular flexibility index (Phi) is 13.3. The molecule has 2 aromatic carbocycles. The smallest absolute Gasteiger partial charge is 0.668 e. The second-order valence-electron chi connectivity index (χ2n) is 6.57. The Morgan fingerprint density at radius 3 is 1.10 bits per heavy atom. The van der Waals surface area contributed by atoms with Crippen LogP contribution in [0.1, 0.15) is 22.5 Å². The SMILES string of the molecule is C[N-]C.C[N-]C.Cc1[n-]c2ccccc2c1C.Cc1[n-]c2ccccc2c1C.[Ti+4]. The second kappa shape index (κ2) is 14.2. The van der Waals surface area contributed by atoms with Crippen LogP contribution in [0, 0.1) is 27.7 Å². The Labute approximate surface area is 190 Å². The Bertz CT molecular complexity index is 890. The van der Waals surface area contributed by atoms with Crippen molar-refractivity contribution in [1.82, 2.24) is 9.97 Å². The van der Waals surface area contributed by atoms with Crippen LogP contribution in [0.2, 0.25) is 0 Å². The summed E-state index contributed by atoms with van der Waals surface area (Å²) in [7, 11) is 7.00. The zero-order chi connectivity index (χ0) is 21.1. The number of rotatable bonds is 0. The third kappa shape index (κ3) is 7.83. The van der Waals surface area contributed by atoms with Crippen molar-refractivity contribution in [3.63, 3.8) is 0 Å². The molecule has 29 heavy (non-hydrogen) atoms. The molecule has 2 heterocycles. The molecule has 5 heteroatoms. The number of hydrogen-bond donors (Lipinski definition) is 0. The first-order chi connectivity index (χ1) is 13.4. The monoisotopic (exact) mass is 424 g/mol. The molecule has 0 amide bonds. The summed E-state index contributed by atoms with van der Waals surface area (Å²) in [5.74, 6) is 0. The zero-order valence-electron chi connectivity index (χ0n) is 18.9. The summed E-state index contributed by atoms with van der Waals surface area (Å²) in [6.07, 6.45) is 0. The Morgan fingerprint density at radius 1 is 0.552 bits per heavy atom. The predicted molar refractivity (Wildman–Crippen MR) is 124 cm³/mol. The maximum absolute atomic E-state index is 4.41. The third-order valence-corrected chi connectivity index (χ3v) is 4.28. The molecule has 0 atom stereocenters. The van der Waals surface area contributed by atoms with Gasteiger partial charge >= 0.3 is 21.7 Å². The van der Waals surface area contributed by atoms with Crippen LogP contribution in [0.4, 0.5) is 0 Å². The van der Waals surface area contributed by atoms with Gasteiger partial charge in [-0.25, -0.2) is 0 Å². The van der Waals surface area contributed by atoms with Crippen molar-refractivity contribution in [2.24, 2.45) is 0 Å². The predicted octanol–water partition coefficient (Wildman–Crippen LogP) is 6.06. The van der Waals surface area contributed by atoms with E-state index in [0.717, 1.165) is 22.4 Å². The van der Waals surface area contributed by atoms with E-state index in [1.165, 1.54) is 21.9 Å². The van der Waals surface area contributed by atoms with Crippen LogP contribution in [-0.4, -0.2) is 28.2 Å². The van der Waals surface area contributed by atoms with Crippen molar-refractivity contribution in [3.8, 4) is 0 Å². The van der Waals surface area contributed by atoms with Crippen LogP contribution >= 0.6 is 0 Å². The van der Waals surface area contributed by atoms with Crippen molar-refractivity contribution in [2.75, 3.05) is 28.2 Å². The van der Waals surface area contributed by atoms with Crippen LogP contribution in [0.15, 0.2) is 48.5 Å². The van der Waals surface area contributed by atoms with E-state index in [1.54, 1.807) is 28.2 Å². The molecule has 0 aliphatic rings. The van der Waals surface area contributed by atoms with E-state index in [4.69, 9.17) is 0 Å². The molecule has 0 unspecified atom stereocenters. The molecule has 0 spiro atoms. The minimum atomic E-state index is 0. The van der Waals surface area contributed by atoms with E-state index in [2.05, 4.69) is 84.7 Å². The van der Waals surface area contributed by atoms with E-state index in [-0.39, 0.29) is 21.7 Å². The van der Waals surface area contributed by atoms with Gasteiger partial charge in [-0.2, -0.15) is 39.6 Å². The molecule has 4 aromatic rings. The summed E-state index contributed by atoms with van der Waals surface area (Å²) < 4.78 is 0. The quantitative estimate of drug-likeness (QED) is 0.322. The molecule has 0 fully saturated rings. The summed E-state index contributed by atoms with van der Waals surface area (Å²) in [4.78, 5) is 8.83. The topological polar surface area (TPSA) is 56.4 Å². The minimum absolute atomic E-state index is 0. The first kappa shape index (κ1) is 27.2. The van der Waals surface area contributed by atoms with Crippen LogP contribution < -0.4 is 9.97 Å². The number of fused-ring (bicyclic) bond motifs is 2. The van der Waals surface area contributed by atoms with Gasteiger partial charge in [-0.1, -0.05) is 73.5 Å². The number of aryl methyl sites for hydroxylation is 4. The normalized spacial score (nSPS) is 9.38. The largest absolute Gasteiger partial charge is 4.00 e. The maximum atomic E-state index is 4.41. The molecule has 0 radical (unpaired) electrons. The van der Waals surface area contributed by atoms with Gasteiger partial charge in [0.1, 0.15) is 0 Å².